The number of fused-ring (bicyclic) bond motifs is 1. The summed E-state index contributed by atoms with van der Waals surface area (Å²) in [5, 5.41) is 51.2. The van der Waals surface area contributed by atoms with Crippen molar-refractivity contribution in [2.24, 2.45) is 5.92 Å². The number of aliphatic carboxylic acids is 3. The van der Waals surface area contributed by atoms with Crippen LogP contribution in [0, 0.1) is 5.92 Å². The van der Waals surface area contributed by atoms with E-state index in [0.717, 1.165) is 0 Å². The fraction of sp³-hybridized carbons (Fsp3) is 0.333. The molecule has 3 atom stereocenters. The summed E-state index contributed by atoms with van der Waals surface area (Å²) in [7, 11) is -1.03. The van der Waals surface area contributed by atoms with Gasteiger partial charge in [0.15, 0.2) is 25.0 Å². The highest BCUT2D eigenvalue weighted by Crippen LogP contribution is 2.37. The fourth-order valence-electron chi connectivity index (χ4n) is 3.92. The Bertz CT molecular complexity index is 1510. The zero-order valence-electron chi connectivity index (χ0n) is 21.7. The van der Waals surface area contributed by atoms with Crippen molar-refractivity contribution in [1.29, 1.82) is 0 Å². The predicted octanol–water partition coefficient (Wildman–Crippen LogP) is 0.829. The van der Waals surface area contributed by atoms with E-state index < -0.39 is 81.1 Å². The Morgan fingerprint density at radius 1 is 1.00 bits per heavy atom. The number of carbonyl (C=O) groups excluding carboxylic acids is 1. The summed E-state index contributed by atoms with van der Waals surface area (Å²) in [6.07, 6.45) is -0.858. The Hall–Kier alpha value is -5.02. The van der Waals surface area contributed by atoms with Crippen LogP contribution in [0.2, 0.25) is 0 Å². The van der Waals surface area contributed by atoms with Crippen LogP contribution in [-0.4, -0.2) is 80.7 Å². The van der Waals surface area contributed by atoms with E-state index in [4.69, 9.17) is 10.8 Å². The molecule has 0 aliphatic heterocycles. The van der Waals surface area contributed by atoms with Crippen LogP contribution in [-0.2, 0) is 25.5 Å². The quantitative estimate of drug-likeness (QED) is 0.112. The number of rotatable bonds is 15. The summed E-state index contributed by atoms with van der Waals surface area (Å²) in [6.45, 7) is 0.172. The number of nitrogens with one attached hydrogen (secondary N) is 2. The molecule has 3 aromatic rings. The van der Waals surface area contributed by atoms with Crippen LogP contribution < -0.4 is 16.4 Å². The third kappa shape index (κ3) is 8.02. The number of hydrogen-bond acceptors (Lipinski definition) is 13. The third-order valence-corrected chi connectivity index (χ3v) is 6.99. The second-order valence-electron chi connectivity index (χ2n) is 9.07. The number of aliphatic hydroxyl groups is 1. The number of amides is 1. The maximum absolute atomic E-state index is 12.7. The zero-order valence-corrected chi connectivity index (χ0v) is 22.6. The normalized spacial score (nSPS) is 14.0. The maximum Gasteiger partial charge on any atom is 0.326 e. The molecule has 0 spiro atoms. The zero-order chi connectivity index (χ0) is 31.0. The molecule has 2 heterocycles. The van der Waals surface area contributed by atoms with Crippen molar-refractivity contribution in [2.75, 3.05) is 11.1 Å². The molecule has 1 amide bonds. The first-order valence-electron chi connectivity index (χ1n) is 12.2. The van der Waals surface area contributed by atoms with Gasteiger partial charge in [0, 0.05) is 17.7 Å². The second kappa shape index (κ2) is 13.6. The summed E-state index contributed by atoms with van der Waals surface area (Å²) in [5.74, 6) is -7.52. The molecular weight excluding hydrogens is 577 g/mol. The minimum Gasteiger partial charge on any atom is -0.492 e. The highest BCUT2D eigenvalue weighted by Gasteiger charge is 2.43. The van der Waals surface area contributed by atoms with E-state index in [9.17, 15) is 44.2 Å². The number of carboxylic acids is 3. The van der Waals surface area contributed by atoms with Crippen molar-refractivity contribution in [2.45, 2.75) is 43.6 Å². The monoisotopic (exact) mass is 603 g/mol. The van der Waals surface area contributed by atoms with Gasteiger partial charge >= 0.3 is 17.9 Å². The minimum atomic E-state index is -2.46. The van der Waals surface area contributed by atoms with E-state index >= 15 is 0 Å². The predicted molar refractivity (Wildman–Crippen MR) is 144 cm³/mol. The molecule has 0 fully saturated rings. The van der Waals surface area contributed by atoms with Crippen LogP contribution in [0.25, 0.3) is 11.2 Å². The molecule has 17 nitrogen and oxygen atoms in total. The van der Waals surface area contributed by atoms with Gasteiger partial charge < -0.3 is 41.9 Å². The smallest absolute Gasteiger partial charge is 0.326 e. The summed E-state index contributed by atoms with van der Waals surface area (Å²) in [6, 6.07) is 4.30. The van der Waals surface area contributed by atoms with Gasteiger partial charge in [-0.15, -0.1) is 0 Å². The molecule has 0 radical (unpaired) electrons. The van der Waals surface area contributed by atoms with Crippen molar-refractivity contribution < 1.29 is 49.3 Å². The van der Waals surface area contributed by atoms with E-state index in [-0.39, 0.29) is 29.2 Å². The van der Waals surface area contributed by atoms with Gasteiger partial charge in [-0.2, -0.15) is 9.97 Å². The number of anilines is 2. The fourth-order valence-corrected chi connectivity index (χ4v) is 4.51. The van der Waals surface area contributed by atoms with Gasteiger partial charge in [-0.3, -0.25) is 18.9 Å². The van der Waals surface area contributed by atoms with E-state index in [2.05, 4.69) is 30.6 Å². The van der Waals surface area contributed by atoms with Crippen molar-refractivity contribution in [1.82, 2.24) is 25.3 Å². The summed E-state index contributed by atoms with van der Waals surface area (Å²) >= 11 is 0. The maximum atomic E-state index is 12.7. The average Bonchev–Trinajstić information content (AvgIpc) is 2.93. The molecule has 9 N–H and O–H groups in total. The lowest BCUT2D eigenvalue weighted by atomic mass is 9.91. The molecule has 0 aliphatic rings. The molecule has 1 aromatic carbocycles. The lowest BCUT2D eigenvalue weighted by Crippen LogP contribution is -2.44. The summed E-state index contributed by atoms with van der Waals surface area (Å²) in [5.41, 5.74) is 6.73. The van der Waals surface area contributed by atoms with E-state index in [1.54, 1.807) is 0 Å². The first-order valence-corrected chi connectivity index (χ1v) is 13.0. The van der Waals surface area contributed by atoms with Gasteiger partial charge in [-0.1, -0.05) is 0 Å². The van der Waals surface area contributed by atoms with Crippen molar-refractivity contribution in [3.8, 4) is 5.88 Å². The number of nitrogens with two attached hydrogens (primary N) is 1. The van der Waals surface area contributed by atoms with E-state index in [1.165, 1.54) is 30.5 Å². The highest BCUT2D eigenvalue weighted by atomic mass is 31.1. The lowest BCUT2D eigenvalue weighted by Gasteiger charge is -2.28. The molecule has 0 saturated carbocycles. The average molecular weight is 603 g/mol. The van der Waals surface area contributed by atoms with Crippen molar-refractivity contribution >= 4 is 55.1 Å². The number of carboxylic acid groups (broad SMARTS) is 3. The summed E-state index contributed by atoms with van der Waals surface area (Å²) < 4.78 is 11.7. The van der Waals surface area contributed by atoms with Crippen molar-refractivity contribution in [3.05, 3.63) is 41.7 Å². The minimum absolute atomic E-state index is 0.0652. The number of nitrogen functional groups attached to an aromatic ring is 1. The van der Waals surface area contributed by atoms with Gasteiger partial charge in [0.25, 0.3) is 5.91 Å². The molecule has 42 heavy (non-hydrogen) atoms. The van der Waals surface area contributed by atoms with Crippen LogP contribution in [0.3, 0.4) is 0 Å². The molecule has 0 aliphatic carbocycles. The van der Waals surface area contributed by atoms with Gasteiger partial charge in [-0.05, 0) is 43.5 Å². The molecule has 2 aromatic heterocycles. The standard InChI is InChI=1S/C24H26N7O10P/c25-23-30-18-17(20(35)31-23)28-13(10-27-18)9-26-12-3-1-11(2-4-12)19(34)29-15(22(38)39)7-8-24(40,42-41)14(21(36)37)5-6-16(32)33/h1-4,10,14-15,26,40H,5-9H2,(H,29,34)(H,32,33)(H,36,37)(H,38,39)(H3,25,27,30,31,35). The number of benzene rings is 1. The first-order chi connectivity index (χ1) is 19.8. The number of hydrogen-bond donors (Lipinski definition) is 8. The van der Waals surface area contributed by atoms with Gasteiger partial charge in [0.2, 0.25) is 11.8 Å². The van der Waals surface area contributed by atoms with Crippen LogP contribution in [0.5, 0.6) is 5.88 Å². The SMILES string of the molecule is Nc1nc(O)c2nc(CNc3ccc(C(=O)NC(CCC(O)(P=O)C(CCC(=O)O)C(=O)O)C(=O)O)cc3)cnc2n1. The first kappa shape index (κ1) is 31.5. The Balaban J connectivity index is 1.62. The molecule has 0 saturated heterocycles. The molecular formula is C24H26N7O10P. The largest absolute Gasteiger partial charge is 0.492 e. The Morgan fingerprint density at radius 3 is 2.29 bits per heavy atom. The van der Waals surface area contributed by atoms with E-state index in [1.807, 2.05) is 0 Å². The van der Waals surface area contributed by atoms with Crippen LogP contribution in [0.1, 0.15) is 41.7 Å². The molecule has 222 valence electrons. The van der Waals surface area contributed by atoms with Gasteiger partial charge in [-0.25, -0.2) is 14.8 Å². The number of aromatic nitrogens is 4. The molecule has 18 heteroatoms. The topological polar surface area (TPSA) is 288 Å². The Labute approximate surface area is 238 Å². The van der Waals surface area contributed by atoms with Crippen LogP contribution in [0.4, 0.5) is 11.6 Å². The van der Waals surface area contributed by atoms with Crippen molar-refractivity contribution in [3.63, 3.8) is 0 Å². The van der Waals surface area contributed by atoms with Gasteiger partial charge in [0.05, 0.1) is 24.4 Å². The Kier molecular flexibility index (Phi) is 10.2. The van der Waals surface area contributed by atoms with E-state index in [0.29, 0.717) is 11.4 Å². The number of nitrogens with zero attached hydrogens (tertiary/aromatic N) is 4. The number of carbonyl (C=O) groups is 4. The molecule has 3 unspecified atom stereocenters. The van der Waals surface area contributed by atoms with Gasteiger partial charge in [0.1, 0.15) is 6.04 Å². The Morgan fingerprint density at radius 2 is 1.69 bits per heavy atom. The van der Waals surface area contributed by atoms with Crippen LogP contribution in [0.15, 0.2) is 30.5 Å². The lowest BCUT2D eigenvalue weighted by molar-refractivity contribution is -0.148. The highest BCUT2D eigenvalue weighted by molar-refractivity contribution is 7.25. The second-order valence-corrected chi connectivity index (χ2v) is 10.0. The van der Waals surface area contributed by atoms with Crippen LogP contribution >= 0.6 is 8.46 Å². The third-order valence-electron chi connectivity index (χ3n) is 6.14. The summed E-state index contributed by atoms with van der Waals surface area (Å²) in [4.78, 5) is 62.7. The number of aromatic hydroxyl groups is 1. The molecule has 3 rings (SSSR count). The molecule has 0 bridgehead atoms.